The Balaban J connectivity index is 1.09. The van der Waals surface area contributed by atoms with Crippen LogP contribution < -0.4 is 4.74 Å². The van der Waals surface area contributed by atoms with Gasteiger partial charge < -0.3 is 14.6 Å². The number of aromatic amines is 1. The maximum atomic E-state index is 12.5. The number of hydrogen-bond acceptors (Lipinski definition) is 4. The summed E-state index contributed by atoms with van der Waals surface area (Å²) in [5.41, 5.74) is 4.34. The fourth-order valence-electron chi connectivity index (χ4n) is 5.30. The van der Waals surface area contributed by atoms with Gasteiger partial charge in [0.2, 0.25) is 5.91 Å². The second-order valence-electron chi connectivity index (χ2n) is 10.1. The van der Waals surface area contributed by atoms with Crippen molar-refractivity contribution in [1.82, 2.24) is 19.8 Å². The number of likely N-dealkylation sites (tertiary alicyclic amines) is 2. The van der Waals surface area contributed by atoms with Crippen LogP contribution in [-0.2, 0) is 24.2 Å². The van der Waals surface area contributed by atoms with Crippen molar-refractivity contribution in [2.45, 2.75) is 64.3 Å². The van der Waals surface area contributed by atoms with Gasteiger partial charge in [0, 0.05) is 26.1 Å². The number of aromatic nitrogens is 2. The highest BCUT2D eigenvalue weighted by atomic mass is 16.5. The highest BCUT2D eigenvalue weighted by molar-refractivity contribution is 5.82. The zero-order chi connectivity index (χ0) is 23.9. The Hall–Kier alpha value is -2.86. The van der Waals surface area contributed by atoms with E-state index in [0.29, 0.717) is 13.0 Å². The molecule has 0 atom stereocenters. The van der Waals surface area contributed by atoms with Gasteiger partial charge in [-0.3, -0.25) is 9.69 Å². The van der Waals surface area contributed by atoms with E-state index in [2.05, 4.69) is 40.2 Å². The molecule has 3 aromatic rings. The van der Waals surface area contributed by atoms with Crippen LogP contribution in [0.15, 0.2) is 42.5 Å². The maximum absolute atomic E-state index is 12.5. The van der Waals surface area contributed by atoms with Gasteiger partial charge in [-0.1, -0.05) is 31.0 Å². The Bertz CT molecular complexity index is 1110. The molecule has 2 aliphatic rings. The molecule has 35 heavy (non-hydrogen) atoms. The highest BCUT2D eigenvalue weighted by Crippen LogP contribution is 2.19. The first-order chi connectivity index (χ1) is 17.2. The van der Waals surface area contributed by atoms with Gasteiger partial charge >= 0.3 is 0 Å². The monoisotopic (exact) mass is 474 g/mol. The number of amides is 1. The second kappa shape index (κ2) is 11.7. The number of aryl methyl sites for hydroxylation is 1. The van der Waals surface area contributed by atoms with Crippen molar-refractivity contribution in [2.24, 2.45) is 0 Å². The van der Waals surface area contributed by atoms with Gasteiger partial charge in [0.1, 0.15) is 11.6 Å². The van der Waals surface area contributed by atoms with E-state index in [1.165, 1.54) is 44.3 Å². The number of nitrogens with one attached hydrogen (secondary N) is 1. The molecular weight excluding hydrogens is 436 g/mol. The number of ether oxygens (including phenoxy) is 1. The number of H-pyrrole nitrogens is 1. The van der Waals surface area contributed by atoms with E-state index in [4.69, 9.17) is 9.72 Å². The third-order valence-electron chi connectivity index (χ3n) is 7.24. The predicted octanol–water partition coefficient (Wildman–Crippen LogP) is 5.12. The van der Waals surface area contributed by atoms with Crippen LogP contribution in [0.3, 0.4) is 0 Å². The Morgan fingerprint density at radius 3 is 2.54 bits per heavy atom. The van der Waals surface area contributed by atoms with Crippen molar-refractivity contribution in [3.05, 3.63) is 59.4 Å². The number of fused-ring (bicyclic) bond motifs is 1. The zero-order valence-corrected chi connectivity index (χ0v) is 20.8. The summed E-state index contributed by atoms with van der Waals surface area (Å²) in [4.78, 5) is 25.2. The number of hydrogen-bond donors (Lipinski definition) is 1. The Morgan fingerprint density at radius 2 is 1.71 bits per heavy atom. The summed E-state index contributed by atoms with van der Waals surface area (Å²) in [5.74, 6) is 2.15. The van der Waals surface area contributed by atoms with Crippen LogP contribution in [0, 0.1) is 0 Å². The lowest BCUT2D eigenvalue weighted by Crippen LogP contribution is -2.29. The summed E-state index contributed by atoms with van der Waals surface area (Å²) in [6.45, 7) is 5.90. The van der Waals surface area contributed by atoms with E-state index in [-0.39, 0.29) is 5.91 Å². The summed E-state index contributed by atoms with van der Waals surface area (Å²) < 4.78 is 6.07. The van der Waals surface area contributed by atoms with Gasteiger partial charge in [0.25, 0.3) is 0 Å². The van der Waals surface area contributed by atoms with E-state index < -0.39 is 0 Å². The Morgan fingerprint density at radius 1 is 0.914 bits per heavy atom. The summed E-state index contributed by atoms with van der Waals surface area (Å²) in [6.07, 6.45) is 9.81. The minimum Gasteiger partial charge on any atom is -0.494 e. The number of imidazole rings is 1. The third-order valence-corrected chi connectivity index (χ3v) is 7.24. The minimum absolute atomic E-state index is 0.227. The van der Waals surface area contributed by atoms with Crippen molar-refractivity contribution in [2.75, 3.05) is 32.8 Å². The lowest BCUT2D eigenvalue weighted by Gasteiger charge is -2.20. The van der Waals surface area contributed by atoms with Crippen LogP contribution in [0.4, 0.5) is 0 Å². The van der Waals surface area contributed by atoms with Crippen molar-refractivity contribution >= 4 is 16.9 Å². The van der Waals surface area contributed by atoms with Gasteiger partial charge in [-0.15, -0.1) is 0 Å². The van der Waals surface area contributed by atoms with Crippen LogP contribution in [0.5, 0.6) is 5.75 Å². The molecule has 0 unspecified atom stereocenters. The molecule has 186 valence electrons. The molecule has 6 heteroatoms. The molecule has 0 spiro atoms. The molecule has 1 amide bonds. The van der Waals surface area contributed by atoms with E-state index in [1.807, 2.05) is 17.0 Å². The molecule has 2 aliphatic heterocycles. The number of nitrogens with zero attached hydrogens (tertiary/aromatic N) is 3. The average molecular weight is 475 g/mol. The van der Waals surface area contributed by atoms with Crippen LogP contribution in [-0.4, -0.2) is 58.5 Å². The van der Waals surface area contributed by atoms with Gasteiger partial charge in [-0.2, -0.15) is 0 Å². The van der Waals surface area contributed by atoms with E-state index in [1.54, 1.807) is 0 Å². The number of rotatable bonds is 9. The quantitative estimate of drug-likeness (QED) is 0.438. The maximum Gasteiger partial charge on any atom is 0.226 e. The predicted molar refractivity (Wildman–Crippen MR) is 140 cm³/mol. The minimum atomic E-state index is 0.227. The molecule has 3 heterocycles. The fraction of sp³-hybridized carbons (Fsp3) is 0.517. The number of benzene rings is 2. The smallest absolute Gasteiger partial charge is 0.226 e. The molecule has 6 nitrogen and oxygen atoms in total. The molecule has 1 aromatic heterocycles. The molecular formula is C29H38N4O2. The van der Waals surface area contributed by atoms with Crippen molar-refractivity contribution in [3.8, 4) is 5.75 Å². The van der Waals surface area contributed by atoms with Gasteiger partial charge in [-0.05, 0) is 80.6 Å². The molecule has 2 saturated heterocycles. The third kappa shape index (κ3) is 6.63. The first-order valence-corrected chi connectivity index (χ1v) is 13.4. The second-order valence-corrected chi connectivity index (χ2v) is 10.1. The van der Waals surface area contributed by atoms with Crippen LogP contribution in [0.1, 0.15) is 61.9 Å². The van der Waals surface area contributed by atoms with Gasteiger partial charge in [-0.25, -0.2) is 4.98 Å². The van der Waals surface area contributed by atoms with Crippen molar-refractivity contribution in [1.29, 1.82) is 0 Å². The van der Waals surface area contributed by atoms with E-state index >= 15 is 0 Å². The molecule has 0 saturated carbocycles. The van der Waals surface area contributed by atoms with Crippen LogP contribution in [0.25, 0.3) is 11.0 Å². The topological polar surface area (TPSA) is 61.5 Å². The molecule has 0 aliphatic carbocycles. The van der Waals surface area contributed by atoms with E-state index in [9.17, 15) is 4.79 Å². The van der Waals surface area contributed by atoms with Crippen LogP contribution in [0.2, 0.25) is 0 Å². The molecule has 2 aromatic carbocycles. The summed E-state index contributed by atoms with van der Waals surface area (Å²) in [5, 5.41) is 0. The fourth-order valence-corrected chi connectivity index (χ4v) is 5.30. The summed E-state index contributed by atoms with van der Waals surface area (Å²) in [6, 6.07) is 14.7. The first-order valence-electron chi connectivity index (χ1n) is 13.4. The molecule has 2 fully saturated rings. The molecule has 0 bridgehead atoms. The molecule has 0 radical (unpaired) electrons. The average Bonchev–Trinajstić information content (AvgIpc) is 3.47. The van der Waals surface area contributed by atoms with E-state index in [0.717, 1.165) is 73.5 Å². The SMILES string of the molecule is O=C(Cc1ccc2[nH]c(CCCOc3cccc(CN4CCCCCC4)c3)nc2c1)N1CCCC1. The number of carbonyl (C=O) groups excluding carboxylic acids is 1. The van der Waals surface area contributed by atoms with Crippen molar-refractivity contribution < 1.29 is 9.53 Å². The number of carbonyl (C=O) groups is 1. The zero-order valence-electron chi connectivity index (χ0n) is 20.8. The Kier molecular flexibility index (Phi) is 7.99. The first kappa shape index (κ1) is 23.9. The summed E-state index contributed by atoms with van der Waals surface area (Å²) >= 11 is 0. The lowest BCUT2D eigenvalue weighted by atomic mass is 10.1. The standard InChI is InChI=1S/C29H38N4O2/c34-29(33-16-5-6-17-33)21-23-12-13-26-27(20-23)31-28(30-26)11-8-18-35-25-10-7-9-24(19-25)22-32-14-3-1-2-4-15-32/h7,9-10,12-13,19-20H,1-6,8,11,14-18,21-22H2,(H,30,31). The Labute approximate surface area is 208 Å². The largest absolute Gasteiger partial charge is 0.494 e. The van der Waals surface area contributed by atoms with Gasteiger partial charge in [0.15, 0.2) is 0 Å². The van der Waals surface area contributed by atoms with Crippen LogP contribution >= 0.6 is 0 Å². The molecule has 1 N–H and O–H groups in total. The lowest BCUT2D eigenvalue weighted by molar-refractivity contribution is -0.129. The van der Waals surface area contributed by atoms with Crippen molar-refractivity contribution in [3.63, 3.8) is 0 Å². The normalized spacial score (nSPS) is 17.1. The molecule has 5 rings (SSSR count). The highest BCUT2D eigenvalue weighted by Gasteiger charge is 2.18. The summed E-state index contributed by atoms with van der Waals surface area (Å²) in [7, 11) is 0. The van der Waals surface area contributed by atoms with Gasteiger partial charge in [0.05, 0.1) is 24.1 Å².